The van der Waals surface area contributed by atoms with Gasteiger partial charge in [0.1, 0.15) is 0 Å². The van der Waals surface area contributed by atoms with Gasteiger partial charge in [-0.2, -0.15) is 0 Å². The molecule has 6 nitrogen and oxygen atoms in total. The van der Waals surface area contributed by atoms with Crippen molar-refractivity contribution in [3.05, 3.63) is 407 Å². The normalized spacial score (nSPS) is 14.3. The van der Waals surface area contributed by atoms with Gasteiger partial charge >= 0.3 is 0 Å². The molecule has 24 rings (SSSR count). The van der Waals surface area contributed by atoms with E-state index >= 15 is 0 Å². The third-order valence-corrected chi connectivity index (χ3v) is 26.6. The van der Waals surface area contributed by atoms with Crippen molar-refractivity contribution in [1.82, 2.24) is 19.9 Å². The van der Waals surface area contributed by atoms with Crippen LogP contribution in [0.2, 0.25) is 0 Å². The monoisotopic (exact) mass is 1530 g/mol. The number of hydrogen-bond acceptors (Lipinski definition) is 7. The summed E-state index contributed by atoms with van der Waals surface area (Å²) < 4.78 is 2.69. The molecule has 560 valence electrons. The molecule has 0 atom stereocenters. The van der Waals surface area contributed by atoms with E-state index in [4.69, 9.17) is 19.9 Å². The van der Waals surface area contributed by atoms with Crippen molar-refractivity contribution in [2.75, 3.05) is 9.80 Å². The van der Waals surface area contributed by atoms with Crippen LogP contribution in [-0.4, -0.2) is 19.9 Å². The molecule has 6 heterocycles. The summed E-state index contributed by atoms with van der Waals surface area (Å²) in [5, 5.41) is 8.86. The highest BCUT2D eigenvalue weighted by molar-refractivity contribution is 7.25. The van der Waals surface area contributed by atoms with Gasteiger partial charge in [0.2, 0.25) is 0 Å². The summed E-state index contributed by atoms with van der Waals surface area (Å²) in [6.07, 6.45) is 21.4. The molecule has 4 aromatic heterocycles. The molecular formula is C111H80N6S. The predicted octanol–water partition coefficient (Wildman–Crippen LogP) is 30.0. The fourth-order valence-electron chi connectivity index (χ4n) is 19.7. The van der Waals surface area contributed by atoms with Gasteiger partial charge in [-0.15, -0.1) is 11.3 Å². The van der Waals surface area contributed by atoms with Crippen molar-refractivity contribution >= 4 is 146 Å². The number of pyridine rings is 2. The van der Waals surface area contributed by atoms with E-state index in [-0.39, 0.29) is 16.2 Å². The van der Waals surface area contributed by atoms with Gasteiger partial charge in [-0.25, -0.2) is 0 Å². The minimum absolute atomic E-state index is 0.0729. The second-order valence-electron chi connectivity index (χ2n) is 33.2. The Morgan fingerprint density at radius 3 is 1.71 bits per heavy atom. The fourth-order valence-corrected chi connectivity index (χ4v) is 20.8. The quantitative estimate of drug-likeness (QED) is 0.171. The first kappa shape index (κ1) is 70.4. The van der Waals surface area contributed by atoms with Gasteiger partial charge in [0.25, 0.3) is 0 Å². The van der Waals surface area contributed by atoms with Crippen molar-refractivity contribution in [3.63, 3.8) is 0 Å². The number of para-hydroxylation sites is 2. The second-order valence-corrected chi connectivity index (χ2v) is 34.2. The molecule has 0 spiro atoms. The van der Waals surface area contributed by atoms with E-state index in [1.807, 2.05) is 36.1 Å². The fraction of sp³-hybridized carbons (Fsp3) is 0.0811. The maximum absolute atomic E-state index is 4.94. The average molecular weight is 1530 g/mol. The lowest BCUT2D eigenvalue weighted by Crippen LogP contribution is -2.22. The van der Waals surface area contributed by atoms with E-state index in [2.05, 4.69) is 403 Å². The van der Waals surface area contributed by atoms with Crippen LogP contribution in [0.4, 0.5) is 34.1 Å². The highest BCUT2D eigenvalue weighted by atomic mass is 32.1. The maximum Gasteiger partial charge on any atom is 0.0986 e. The topological polar surface area (TPSA) is 58.0 Å². The Bertz CT molecular complexity index is 7470. The van der Waals surface area contributed by atoms with Crippen molar-refractivity contribution in [3.8, 4) is 55.8 Å². The van der Waals surface area contributed by atoms with Gasteiger partial charge < -0.3 is 9.80 Å². The van der Waals surface area contributed by atoms with Crippen LogP contribution in [0.25, 0.3) is 156 Å². The Morgan fingerprint density at radius 2 is 0.907 bits per heavy atom. The van der Waals surface area contributed by atoms with Crippen LogP contribution in [0, 0.1) is 0 Å². The highest BCUT2D eigenvalue weighted by Gasteiger charge is 2.44. The van der Waals surface area contributed by atoms with Crippen molar-refractivity contribution in [2.45, 2.75) is 57.8 Å². The minimum atomic E-state index is -0.225. The Balaban J connectivity index is 0.000000107. The second kappa shape index (κ2) is 27.5. The average Bonchev–Trinajstić information content (AvgIpc) is 1.53. The summed E-state index contributed by atoms with van der Waals surface area (Å²) in [7, 11) is 0. The van der Waals surface area contributed by atoms with Crippen LogP contribution >= 0.6 is 11.3 Å². The maximum atomic E-state index is 4.94. The summed E-state index contributed by atoms with van der Waals surface area (Å²) in [4.78, 5) is 24.5. The number of rotatable bonds is 5. The standard InChI is InChI=1S/C38H27NS.C37H27N3.C36H26N2/c1-38(2)32-18-19-36-37(30-14-8-9-15-35(30)40-36)29(32)17-16-28-26-12-6-7-13-27(26)31(23-33(28)38)34-22-25(20-21-39-34)24-10-4-3-5-11-24;1-37(2)30-14-8-7-13-28(30)32-33(37)36-29(34-35(32)39-23-22-38-34)21-18-26-12-6-9-15-31(26)40(36)27-19-16-25(17-20-27)24-10-4-3-5-11-24;1-36(2)31-13-7-5-11-27(31)30-20-25-16-18-29-28-12-6-8-14-33(28)37-22-35(29)38(34(25)21-32(30)36)26-17-15-23-9-3-4-10-24(23)19-26/h2*3-23H,1-2H3;3-22H,1-2H3. The molecule has 0 amide bonds. The van der Waals surface area contributed by atoms with E-state index in [0.29, 0.717) is 0 Å². The van der Waals surface area contributed by atoms with E-state index in [0.717, 1.165) is 55.9 Å². The molecule has 0 saturated carbocycles. The number of thiophene rings is 1. The van der Waals surface area contributed by atoms with Gasteiger partial charge in [-0.3, -0.25) is 19.9 Å². The molecule has 0 bridgehead atoms. The summed E-state index contributed by atoms with van der Waals surface area (Å²) in [5.74, 6) is 0. The lowest BCUT2D eigenvalue weighted by atomic mass is 9.73. The van der Waals surface area contributed by atoms with Gasteiger partial charge in [0.05, 0.1) is 51.2 Å². The third-order valence-electron chi connectivity index (χ3n) is 25.5. The SMILES string of the molecule is CC1(C)c2cc(-c3cc(-c4ccccc4)ccn3)c3ccccc3c2C=Cc2c1ccc1sc3ccccc3c21.CC1(C)c2ccccc2-c2c1c1c(c3nccnc23)C=Cc2ccccc2N1c1ccc(-c2ccccc2)cc1.CC1(C)c2ccccc2-c2cc3c(cc21)N(c1ccc2ccccc2c1)c1cnc2ccccc2c1C=C3. The largest absolute Gasteiger partial charge is 0.309 e. The smallest absolute Gasteiger partial charge is 0.0986 e. The van der Waals surface area contributed by atoms with Gasteiger partial charge in [0.15, 0.2) is 0 Å². The summed E-state index contributed by atoms with van der Waals surface area (Å²) >= 11 is 1.88. The molecule has 0 N–H and O–H groups in total. The van der Waals surface area contributed by atoms with Crippen LogP contribution in [0.3, 0.4) is 0 Å². The molecule has 5 aliphatic rings. The predicted molar refractivity (Wildman–Crippen MR) is 500 cm³/mol. The summed E-state index contributed by atoms with van der Waals surface area (Å²) in [6, 6.07) is 114. The van der Waals surface area contributed by atoms with Crippen molar-refractivity contribution in [2.24, 2.45) is 0 Å². The van der Waals surface area contributed by atoms with E-state index in [1.54, 1.807) is 0 Å². The number of aromatic nitrogens is 4. The lowest BCUT2D eigenvalue weighted by molar-refractivity contribution is 0.642. The Kier molecular flexibility index (Phi) is 16.4. The molecule has 3 aliphatic carbocycles. The lowest BCUT2D eigenvalue weighted by Gasteiger charge is -2.34. The first-order valence-electron chi connectivity index (χ1n) is 40.8. The van der Waals surface area contributed by atoms with Crippen LogP contribution in [0.5, 0.6) is 0 Å². The third kappa shape index (κ3) is 11.2. The first-order chi connectivity index (χ1) is 57.8. The molecule has 0 saturated heterocycles. The molecule has 7 heteroatoms. The van der Waals surface area contributed by atoms with E-state index in [9.17, 15) is 0 Å². The van der Waals surface area contributed by atoms with Crippen molar-refractivity contribution in [1.29, 1.82) is 0 Å². The van der Waals surface area contributed by atoms with Crippen LogP contribution in [0.15, 0.2) is 340 Å². The summed E-state index contributed by atoms with van der Waals surface area (Å²) in [5.41, 5.74) is 36.8. The molecule has 118 heavy (non-hydrogen) atoms. The Hall–Kier alpha value is -14.2. The zero-order chi connectivity index (χ0) is 79.1. The zero-order valence-corrected chi connectivity index (χ0v) is 67.2. The molecule has 0 radical (unpaired) electrons. The summed E-state index contributed by atoms with van der Waals surface area (Å²) in [6.45, 7) is 14.1. The number of nitrogens with zero attached hydrogens (tertiary/aromatic N) is 6. The molecular weight excluding hydrogens is 1450 g/mol. The molecule has 0 fully saturated rings. The van der Waals surface area contributed by atoms with Crippen LogP contribution in [0.1, 0.15) is 108 Å². The number of hydrogen-bond donors (Lipinski definition) is 0. The zero-order valence-electron chi connectivity index (χ0n) is 66.4. The Morgan fingerprint density at radius 1 is 0.297 bits per heavy atom. The molecule has 0 unspecified atom stereocenters. The molecule has 15 aromatic carbocycles. The molecule has 19 aromatic rings. The van der Waals surface area contributed by atoms with Crippen LogP contribution in [-0.2, 0) is 16.2 Å². The van der Waals surface area contributed by atoms with Crippen LogP contribution < -0.4 is 9.80 Å². The van der Waals surface area contributed by atoms with E-state index < -0.39 is 0 Å². The Labute approximate surface area is 691 Å². The van der Waals surface area contributed by atoms with Gasteiger partial charge in [0, 0.05) is 94.0 Å². The number of fused-ring (bicyclic) bond motifs is 25. The highest BCUT2D eigenvalue weighted by Crippen LogP contribution is 2.60. The van der Waals surface area contributed by atoms with Crippen molar-refractivity contribution < 1.29 is 0 Å². The molecule has 2 aliphatic heterocycles. The van der Waals surface area contributed by atoms with E-state index in [1.165, 1.54) is 164 Å². The van der Waals surface area contributed by atoms with Gasteiger partial charge in [-0.1, -0.05) is 309 Å². The first-order valence-corrected chi connectivity index (χ1v) is 41.6. The van der Waals surface area contributed by atoms with Gasteiger partial charge in [-0.05, 0) is 201 Å². The minimum Gasteiger partial charge on any atom is -0.309 e. The number of anilines is 6. The number of benzene rings is 15.